The van der Waals surface area contributed by atoms with Crippen molar-refractivity contribution in [2.75, 3.05) is 20.3 Å². The van der Waals surface area contributed by atoms with E-state index in [2.05, 4.69) is 5.32 Å². The van der Waals surface area contributed by atoms with Gasteiger partial charge in [-0.15, -0.1) is 0 Å². The fourth-order valence-electron chi connectivity index (χ4n) is 3.91. The fraction of sp³-hybridized carbons (Fsp3) is 0.933. The number of ether oxygens (including phenoxy) is 2. The minimum atomic E-state index is -0.0823. The molecule has 3 atom stereocenters. The number of fused-ring (bicyclic) bond motifs is 2. The van der Waals surface area contributed by atoms with Gasteiger partial charge in [0, 0.05) is 31.0 Å². The first kappa shape index (κ1) is 14.1. The second kappa shape index (κ2) is 6.31. The first-order valence-electron chi connectivity index (χ1n) is 8.02. The van der Waals surface area contributed by atoms with Crippen molar-refractivity contribution in [2.45, 2.75) is 69.2 Å². The van der Waals surface area contributed by atoms with Crippen molar-refractivity contribution < 1.29 is 14.3 Å². The molecule has 5 nitrogen and oxygen atoms in total. The second-order valence-corrected chi connectivity index (χ2v) is 6.30. The molecule has 3 aliphatic rings. The summed E-state index contributed by atoms with van der Waals surface area (Å²) < 4.78 is 11.0. The van der Waals surface area contributed by atoms with Crippen LogP contribution in [-0.2, 0) is 9.47 Å². The molecule has 114 valence electrons. The molecule has 20 heavy (non-hydrogen) atoms. The molecule has 3 heterocycles. The molecular formula is C15H26N2O3. The lowest BCUT2D eigenvalue weighted by Crippen LogP contribution is -2.58. The van der Waals surface area contributed by atoms with Crippen molar-refractivity contribution in [3.8, 4) is 0 Å². The average Bonchev–Trinajstić information content (AvgIpc) is 2.46. The summed E-state index contributed by atoms with van der Waals surface area (Å²) in [6.45, 7) is 1.43. The smallest absolute Gasteiger partial charge is 0.410 e. The van der Waals surface area contributed by atoms with Crippen LogP contribution >= 0.6 is 0 Å². The number of piperidine rings is 2. The number of carbonyl (C=O) groups is 1. The molecule has 1 N–H and O–H groups in total. The van der Waals surface area contributed by atoms with E-state index in [-0.39, 0.29) is 12.2 Å². The van der Waals surface area contributed by atoms with E-state index in [0.717, 1.165) is 38.5 Å². The maximum atomic E-state index is 12.5. The highest BCUT2D eigenvalue weighted by atomic mass is 16.6. The number of carbonyl (C=O) groups excluding carboxylic acids is 1. The van der Waals surface area contributed by atoms with Crippen LogP contribution in [0.4, 0.5) is 4.79 Å². The number of hydrogen-bond acceptors (Lipinski definition) is 4. The Morgan fingerprint density at radius 2 is 1.80 bits per heavy atom. The van der Waals surface area contributed by atoms with Gasteiger partial charge < -0.3 is 19.7 Å². The molecule has 0 aliphatic carbocycles. The van der Waals surface area contributed by atoms with Gasteiger partial charge >= 0.3 is 6.09 Å². The maximum absolute atomic E-state index is 12.5. The molecule has 3 aliphatic heterocycles. The summed E-state index contributed by atoms with van der Waals surface area (Å²) in [6, 6.07) is 1.29. The van der Waals surface area contributed by atoms with Crippen LogP contribution in [0.5, 0.6) is 0 Å². The molecule has 3 rings (SSSR count). The summed E-state index contributed by atoms with van der Waals surface area (Å²) in [6.07, 6.45) is 7.27. The summed E-state index contributed by atoms with van der Waals surface area (Å²) in [5.41, 5.74) is 0. The number of hydrogen-bond donors (Lipinski definition) is 1. The van der Waals surface area contributed by atoms with E-state index in [9.17, 15) is 4.79 Å². The predicted molar refractivity (Wildman–Crippen MR) is 75.7 cm³/mol. The summed E-state index contributed by atoms with van der Waals surface area (Å²) in [4.78, 5) is 14.6. The van der Waals surface area contributed by atoms with Crippen LogP contribution in [0.25, 0.3) is 0 Å². The topological polar surface area (TPSA) is 50.8 Å². The van der Waals surface area contributed by atoms with Crippen molar-refractivity contribution in [3.05, 3.63) is 0 Å². The highest BCUT2D eigenvalue weighted by Crippen LogP contribution is 2.34. The molecule has 0 spiro atoms. The fourth-order valence-corrected chi connectivity index (χ4v) is 3.91. The van der Waals surface area contributed by atoms with Crippen LogP contribution in [0.15, 0.2) is 0 Å². The van der Waals surface area contributed by atoms with Crippen molar-refractivity contribution in [3.63, 3.8) is 0 Å². The Labute approximate surface area is 121 Å². The third-order valence-corrected chi connectivity index (χ3v) is 5.03. The van der Waals surface area contributed by atoms with E-state index in [1.165, 1.54) is 6.42 Å². The summed E-state index contributed by atoms with van der Waals surface area (Å²) >= 11 is 0. The van der Waals surface area contributed by atoms with Crippen LogP contribution in [0.2, 0.25) is 0 Å². The van der Waals surface area contributed by atoms with E-state index >= 15 is 0 Å². The maximum Gasteiger partial charge on any atom is 0.410 e. The lowest BCUT2D eigenvalue weighted by Gasteiger charge is -2.48. The van der Waals surface area contributed by atoms with Gasteiger partial charge in [-0.3, -0.25) is 0 Å². The lowest BCUT2D eigenvalue weighted by atomic mass is 9.82. The van der Waals surface area contributed by atoms with Crippen LogP contribution in [-0.4, -0.2) is 55.5 Å². The molecule has 1 amide bonds. The zero-order valence-electron chi connectivity index (χ0n) is 12.3. The Bertz CT molecular complexity index is 330. The monoisotopic (exact) mass is 282 g/mol. The van der Waals surface area contributed by atoms with E-state index < -0.39 is 0 Å². The highest BCUT2D eigenvalue weighted by Gasteiger charge is 2.41. The third kappa shape index (κ3) is 2.93. The number of nitrogens with zero attached hydrogens (tertiary/aromatic N) is 1. The number of rotatable bonds is 2. The third-order valence-electron chi connectivity index (χ3n) is 5.03. The molecule has 3 fully saturated rings. The van der Waals surface area contributed by atoms with Crippen LogP contribution in [0.3, 0.4) is 0 Å². The minimum absolute atomic E-state index is 0.0546. The molecule has 2 bridgehead atoms. The van der Waals surface area contributed by atoms with Gasteiger partial charge in [0.1, 0.15) is 6.10 Å². The Morgan fingerprint density at radius 3 is 2.40 bits per heavy atom. The Kier molecular flexibility index (Phi) is 4.46. The summed E-state index contributed by atoms with van der Waals surface area (Å²) in [7, 11) is 2.02. The van der Waals surface area contributed by atoms with Gasteiger partial charge in [-0.1, -0.05) is 0 Å². The van der Waals surface area contributed by atoms with Gasteiger partial charge in [0.15, 0.2) is 0 Å². The van der Waals surface area contributed by atoms with Crippen LogP contribution < -0.4 is 5.32 Å². The van der Waals surface area contributed by atoms with E-state index in [1.807, 2.05) is 11.9 Å². The summed E-state index contributed by atoms with van der Waals surface area (Å²) in [5, 5.41) is 3.38. The van der Waals surface area contributed by atoms with E-state index in [4.69, 9.17) is 9.47 Å². The Hall–Kier alpha value is -0.810. The SMILES string of the molecule is CNC1C[C@H]2CCC[C@@H](C1)N2C(=O)OC1CCOCC1. The largest absolute Gasteiger partial charge is 0.446 e. The van der Waals surface area contributed by atoms with Crippen molar-refractivity contribution in [1.82, 2.24) is 10.2 Å². The van der Waals surface area contributed by atoms with Gasteiger partial charge in [0.25, 0.3) is 0 Å². The average molecular weight is 282 g/mol. The molecular weight excluding hydrogens is 256 g/mol. The van der Waals surface area contributed by atoms with Gasteiger partial charge in [0.05, 0.1) is 13.2 Å². The Morgan fingerprint density at radius 1 is 1.15 bits per heavy atom. The minimum Gasteiger partial charge on any atom is -0.446 e. The molecule has 0 aromatic rings. The first-order valence-corrected chi connectivity index (χ1v) is 8.02. The quantitative estimate of drug-likeness (QED) is 0.840. The highest BCUT2D eigenvalue weighted by molar-refractivity contribution is 5.69. The molecule has 1 unspecified atom stereocenters. The van der Waals surface area contributed by atoms with Gasteiger partial charge in [-0.05, 0) is 39.2 Å². The van der Waals surface area contributed by atoms with Crippen LogP contribution in [0, 0.1) is 0 Å². The molecule has 0 aromatic carbocycles. The normalized spacial score (nSPS) is 34.9. The van der Waals surface area contributed by atoms with Gasteiger partial charge in [-0.2, -0.15) is 0 Å². The standard InChI is InChI=1S/C15H26N2O3/c1-16-11-9-12-3-2-4-13(10-11)17(12)15(18)20-14-5-7-19-8-6-14/h11-14,16H,2-10H2,1H3/t11?,12-,13+. The van der Waals surface area contributed by atoms with Crippen molar-refractivity contribution in [2.24, 2.45) is 0 Å². The zero-order chi connectivity index (χ0) is 13.9. The lowest BCUT2D eigenvalue weighted by molar-refractivity contribution is -0.0353. The number of amides is 1. The molecule has 0 radical (unpaired) electrons. The first-order chi connectivity index (χ1) is 9.78. The van der Waals surface area contributed by atoms with Crippen molar-refractivity contribution in [1.29, 1.82) is 0 Å². The Balaban J connectivity index is 1.61. The molecule has 5 heteroatoms. The number of nitrogens with one attached hydrogen (secondary N) is 1. The molecule has 0 aromatic heterocycles. The second-order valence-electron chi connectivity index (χ2n) is 6.30. The molecule has 3 saturated heterocycles. The van der Waals surface area contributed by atoms with E-state index in [1.54, 1.807) is 0 Å². The van der Waals surface area contributed by atoms with Crippen LogP contribution in [0.1, 0.15) is 44.9 Å². The zero-order valence-corrected chi connectivity index (χ0v) is 12.3. The van der Waals surface area contributed by atoms with Gasteiger partial charge in [0.2, 0.25) is 0 Å². The predicted octanol–water partition coefficient (Wildman–Crippen LogP) is 1.91. The summed E-state index contributed by atoms with van der Waals surface area (Å²) in [5.74, 6) is 0. The van der Waals surface area contributed by atoms with Gasteiger partial charge in [-0.25, -0.2) is 4.79 Å². The molecule has 0 saturated carbocycles. The van der Waals surface area contributed by atoms with Crippen molar-refractivity contribution >= 4 is 6.09 Å². The van der Waals surface area contributed by atoms with E-state index in [0.29, 0.717) is 31.3 Å².